The molecule has 0 bridgehead atoms. The minimum atomic E-state index is -4.67. The molecular formula is C56H66O20S9-2. The Morgan fingerprint density at radius 3 is 0.976 bits per heavy atom. The van der Waals surface area contributed by atoms with E-state index in [0.29, 0.717) is 36.7 Å². The van der Waals surface area contributed by atoms with Crippen LogP contribution < -0.4 is 0 Å². The van der Waals surface area contributed by atoms with Crippen molar-refractivity contribution in [2.45, 2.75) is 87.0 Å². The van der Waals surface area contributed by atoms with Crippen LogP contribution in [0.5, 0.6) is 69.0 Å². The van der Waals surface area contributed by atoms with E-state index in [9.17, 15) is 82.1 Å². The van der Waals surface area contributed by atoms with E-state index >= 15 is 0 Å². The van der Waals surface area contributed by atoms with Crippen molar-refractivity contribution in [2.75, 3.05) is 42.0 Å². The van der Waals surface area contributed by atoms with E-state index in [1.807, 2.05) is 11.4 Å². The molecule has 1 aromatic heterocycles. The number of aromatic hydroxyl groups is 12. The van der Waals surface area contributed by atoms with Gasteiger partial charge in [0.1, 0.15) is 69.0 Å². The molecule has 12 N–H and O–H groups in total. The molecule has 0 saturated heterocycles. The number of hydrogen-bond acceptors (Lipinski definition) is 27. The quantitative estimate of drug-likeness (QED) is 0.00748. The zero-order valence-corrected chi connectivity index (χ0v) is 52.9. The van der Waals surface area contributed by atoms with Crippen LogP contribution in [0.3, 0.4) is 0 Å². The number of phenolic OH excluding ortho intramolecular Hbond substituents is 12. The molecule has 0 saturated carbocycles. The second-order valence-electron chi connectivity index (χ2n) is 17.1. The zero-order chi connectivity index (χ0) is 62.8. The summed E-state index contributed by atoms with van der Waals surface area (Å²) in [5, 5.41) is 115. The molecule has 7 rings (SSSR count). The highest BCUT2D eigenvalue weighted by atomic mass is 32.3. The molecule has 1 heterocycles. The van der Waals surface area contributed by atoms with Crippen LogP contribution in [0.2, 0.25) is 0 Å². The molecule has 6 aromatic carbocycles. The third kappa shape index (κ3) is 33.2. The van der Waals surface area contributed by atoms with Crippen LogP contribution in [-0.4, -0.2) is 129 Å². The molecule has 85 heavy (non-hydrogen) atoms. The SMILES string of the molecule is CCCCCSc1cc(O)ccc1O.O=S(=O)([O-])OCCCSc1cc(O)ccc1O.O=S(=O)([O-])OCCSc1cc(O)ccc1O.Oc1ccc(O)c(SCCCCCSc2cc(O)ccc2O)c1.Oc1ccc(O)c(SCc2cccs2)c1. The number of phenols is 12. The molecule has 20 nitrogen and oxygen atoms in total. The zero-order valence-electron chi connectivity index (χ0n) is 45.5. The molecule has 0 spiro atoms. The highest BCUT2D eigenvalue weighted by Gasteiger charge is 2.09. The van der Waals surface area contributed by atoms with E-state index in [0.717, 1.165) is 65.4 Å². The molecule has 0 radical (unpaired) electrons. The van der Waals surface area contributed by atoms with Gasteiger partial charge in [-0.25, -0.2) is 16.8 Å². The van der Waals surface area contributed by atoms with E-state index in [1.165, 1.54) is 150 Å². The fourth-order valence-electron chi connectivity index (χ4n) is 6.22. The average molecular weight is 1350 g/mol. The van der Waals surface area contributed by atoms with E-state index < -0.39 is 20.8 Å². The second-order valence-corrected chi connectivity index (χ2v) is 26.9. The Morgan fingerprint density at radius 2 is 0.671 bits per heavy atom. The van der Waals surface area contributed by atoms with Gasteiger partial charge in [0.2, 0.25) is 20.8 Å². The Morgan fingerprint density at radius 1 is 0.376 bits per heavy atom. The summed E-state index contributed by atoms with van der Waals surface area (Å²) in [6.07, 6.45) is 6.95. The highest BCUT2D eigenvalue weighted by molar-refractivity contribution is 8.00. The summed E-state index contributed by atoms with van der Waals surface area (Å²) < 4.78 is 68.6. The molecule has 29 heteroatoms. The fourth-order valence-corrected chi connectivity index (χ4v) is 13.4. The van der Waals surface area contributed by atoms with Crippen molar-refractivity contribution < 1.29 is 95.6 Å². The molecule has 0 aliphatic rings. The minimum Gasteiger partial charge on any atom is -0.726 e. The molecule has 7 aromatic rings. The van der Waals surface area contributed by atoms with Crippen molar-refractivity contribution in [1.29, 1.82) is 0 Å². The standard InChI is InChI=1S/C17H20O4S2.C11H10O2S2.C11H16O2S.C9H12O6S2.C8H10O6S2/c18-12-4-6-14(20)16(10-12)22-8-2-1-3-9-23-17-11-13(19)5-7-15(17)21;12-8-3-4-10(13)11(6-8)15-7-9-2-1-5-14-9;1-2-3-4-7-14-11-8-9(12)5-6-10(11)13;10-7-2-3-8(11)9(6-7)16-5-1-4-15-17(12,13)14;9-6-1-2-7(10)8(5-6)15-4-3-14-16(11,12)13/h4-7,10-11,18-21H,1-3,8-9H2;1-6,12-13H,7H2;5-6,8,12-13H,2-4,7H2,1H3;2-3,6,10-11H,1,4-5H2,(H,12,13,14);1-2,5,9-10H,3-4H2,(H,11,12,13)/p-2. The van der Waals surface area contributed by atoms with Gasteiger partial charge in [-0.1, -0.05) is 32.3 Å². The first-order valence-corrected chi connectivity index (χ1v) is 34.9. The Kier molecular flexibility index (Phi) is 34.7. The van der Waals surface area contributed by atoms with E-state index in [1.54, 1.807) is 47.4 Å². The Labute approximate surface area is 523 Å². The third-order valence-corrected chi connectivity index (χ3v) is 18.9. The van der Waals surface area contributed by atoms with E-state index in [2.05, 4.69) is 21.4 Å². The van der Waals surface area contributed by atoms with Crippen LogP contribution in [0.15, 0.2) is 156 Å². The molecule has 0 amide bonds. The Bertz CT molecular complexity index is 3240. The maximum atomic E-state index is 10.1. The number of thioether (sulfide) groups is 6. The van der Waals surface area contributed by atoms with Gasteiger partial charge < -0.3 is 70.4 Å². The first-order valence-electron chi connectivity index (χ1n) is 25.4. The number of rotatable bonds is 27. The van der Waals surface area contributed by atoms with Gasteiger partial charge in [-0.05, 0) is 164 Å². The number of hydrogen-bond donors (Lipinski definition) is 12. The third-order valence-electron chi connectivity index (χ3n) is 10.3. The summed E-state index contributed by atoms with van der Waals surface area (Å²) >= 11 is 10.1. The van der Waals surface area contributed by atoms with Gasteiger partial charge in [0.15, 0.2) is 0 Å². The van der Waals surface area contributed by atoms with Gasteiger partial charge in [-0.2, -0.15) is 0 Å². The molecule has 0 unspecified atom stereocenters. The summed E-state index contributed by atoms with van der Waals surface area (Å²) in [5.41, 5.74) is 0. The topological polar surface area (TPSA) is 376 Å². The van der Waals surface area contributed by atoms with Crippen LogP contribution in [0.1, 0.15) is 56.7 Å². The summed E-state index contributed by atoms with van der Waals surface area (Å²) in [7, 11) is -9.30. The van der Waals surface area contributed by atoms with Crippen molar-refractivity contribution in [3.8, 4) is 69.0 Å². The monoisotopic (exact) mass is 1350 g/mol. The number of benzene rings is 6. The van der Waals surface area contributed by atoms with Crippen molar-refractivity contribution in [2.24, 2.45) is 0 Å². The van der Waals surface area contributed by atoms with E-state index in [-0.39, 0.29) is 88.0 Å². The predicted octanol–water partition coefficient (Wildman–Crippen LogP) is 13.1. The van der Waals surface area contributed by atoms with Gasteiger partial charge in [-0.3, -0.25) is 8.37 Å². The lowest BCUT2D eigenvalue weighted by molar-refractivity contribution is 0.262. The molecule has 0 atom stereocenters. The van der Waals surface area contributed by atoms with Crippen LogP contribution in [0.25, 0.3) is 0 Å². The maximum Gasteiger partial charge on any atom is 0.217 e. The van der Waals surface area contributed by atoms with Crippen molar-refractivity contribution in [3.63, 3.8) is 0 Å². The summed E-state index contributed by atoms with van der Waals surface area (Å²) in [6.45, 7) is 1.68. The smallest absolute Gasteiger partial charge is 0.217 e. The molecule has 0 fully saturated rings. The Balaban J connectivity index is 0.000000282. The normalized spacial score (nSPS) is 11.0. The first kappa shape index (κ1) is 73.7. The maximum absolute atomic E-state index is 10.1. The molecular weight excluding hydrogens is 1280 g/mol. The fraction of sp³-hybridized carbons (Fsp3) is 0.286. The van der Waals surface area contributed by atoms with Crippen LogP contribution >= 0.6 is 81.9 Å². The van der Waals surface area contributed by atoms with Crippen molar-refractivity contribution in [3.05, 3.63) is 132 Å². The van der Waals surface area contributed by atoms with Gasteiger partial charge >= 0.3 is 0 Å². The lowest BCUT2D eigenvalue weighted by atomic mass is 10.3. The second kappa shape index (κ2) is 40.0. The highest BCUT2D eigenvalue weighted by Crippen LogP contribution is 2.37. The van der Waals surface area contributed by atoms with Gasteiger partial charge in [-0.15, -0.1) is 81.9 Å². The summed E-state index contributed by atoms with van der Waals surface area (Å²) in [5.74, 6) is 5.76. The van der Waals surface area contributed by atoms with Crippen molar-refractivity contribution in [1.82, 2.24) is 0 Å². The number of unbranched alkanes of at least 4 members (excludes halogenated alkanes) is 4. The van der Waals surface area contributed by atoms with Crippen LogP contribution in [0, 0.1) is 0 Å². The largest absolute Gasteiger partial charge is 0.726 e. The number of thiophene rings is 1. The van der Waals surface area contributed by atoms with E-state index in [4.69, 9.17) is 5.11 Å². The van der Waals surface area contributed by atoms with Gasteiger partial charge in [0.05, 0.1) is 42.6 Å². The molecule has 466 valence electrons. The summed E-state index contributed by atoms with van der Waals surface area (Å²) in [4.78, 5) is 4.99. The minimum absolute atomic E-state index is 0.0161. The first-order chi connectivity index (χ1) is 40.3. The van der Waals surface area contributed by atoms with Gasteiger partial charge in [0, 0.05) is 22.1 Å². The summed E-state index contributed by atoms with van der Waals surface area (Å²) in [6, 6.07) is 30.4. The molecule has 0 aliphatic carbocycles. The van der Waals surface area contributed by atoms with Crippen LogP contribution in [0.4, 0.5) is 0 Å². The lowest BCUT2D eigenvalue weighted by Gasteiger charge is -2.08. The molecule has 0 aliphatic heterocycles. The average Bonchev–Trinajstić information content (AvgIpc) is 4.14. The Hall–Kier alpha value is -5.54. The van der Waals surface area contributed by atoms with Crippen molar-refractivity contribution >= 4 is 103 Å². The lowest BCUT2D eigenvalue weighted by Crippen LogP contribution is -2.06. The van der Waals surface area contributed by atoms with Crippen LogP contribution in [-0.2, 0) is 34.9 Å². The van der Waals surface area contributed by atoms with Gasteiger partial charge in [0.25, 0.3) is 0 Å². The predicted molar refractivity (Wildman–Crippen MR) is 335 cm³/mol.